The Morgan fingerprint density at radius 1 is 1.46 bits per heavy atom. The van der Waals surface area contributed by atoms with Crippen molar-refractivity contribution in [3.63, 3.8) is 0 Å². The van der Waals surface area contributed by atoms with Crippen molar-refractivity contribution >= 4 is 0 Å². The summed E-state index contributed by atoms with van der Waals surface area (Å²) >= 11 is 0. The highest BCUT2D eigenvalue weighted by atomic mass is 19.1. The van der Waals surface area contributed by atoms with Crippen LogP contribution in [0, 0.1) is 0 Å². The monoisotopic (exact) mass is 182 g/mol. The van der Waals surface area contributed by atoms with Crippen LogP contribution >= 0.6 is 0 Å². The van der Waals surface area contributed by atoms with Crippen LogP contribution in [-0.2, 0) is 0 Å². The molecule has 3 heteroatoms. The first kappa shape index (κ1) is 9.84. The third-order valence-corrected chi connectivity index (χ3v) is 1.87. The zero-order valence-corrected chi connectivity index (χ0v) is 8.21. The molecular weight excluding hydrogens is 167 g/mol. The molecule has 13 heavy (non-hydrogen) atoms. The molecule has 0 aromatic carbocycles. The van der Waals surface area contributed by atoms with E-state index in [1.165, 1.54) is 6.20 Å². The number of rotatable bonds is 0. The van der Waals surface area contributed by atoms with Gasteiger partial charge in [-0.25, -0.2) is 4.39 Å². The van der Waals surface area contributed by atoms with Gasteiger partial charge < -0.3 is 10.2 Å². The number of hydrogen-bond acceptors (Lipinski definition) is 2. The van der Waals surface area contributed by atoms with Crippen molar-refractivity contribution in [2.45, 2.75) is 26.9 Å². The Morgan fingerprint density at radius 3 is 2.85 bits per heavy atom. The van der Waals surface area contributed by atoms with E-state index >= 15 is 0 Å². The van der Waals surface area contributed by atoms with Gasteiger partial charge in [-0.15, -0.1) is 0 Å². The van der Waals surface area contributed by atoms with E-state index in [0.29, 0.717) is 0 Å². The highest BCUT2D eigenvalue weighted by Crippen LogP contribution is 2.22. The van der Waals surface area contributed by atoms with E-state index in [1.54, 1.807) is 6.08 Å². The lowest BCUT2D eigenvalue weighted by molar-refractivity contribution is 0.390. The van der Waals surface area contributed by atoms with Crippen molar-refractivity contribution < 1.29 is 4.39 Å². The molecule has 1 unspecified atom stereocenters. The molecule has 72 valence electrons. The minimum atomic E-state index is -0.188. The van der Waals surface area contributed by atoms with Crippen LogP contribution in [0.5, 0.6) is 0 Å². The molecule has 2 rings (SSSR count). The molecule has 0 amide bonds. The number of nitrogens with zero attached hydrogens (tertiary/aromatic N) is 1. The molecule has 0 spiro atoms. The Bertz CT molecular complexity index is 266. The Balaban J connectivity index is 0.000000396. The van der Waals surface area contributed by atoms with Gasteiger partial charge in [0.2, 0.25) is 0 Å². The zero-order chi connectivity index (χ0) is 9.84. The van der Waals surface area contributed by atoms with Crippen LogP contribution in [0.3, 0.4) is 0 Å². The maximum atomic E-state index is 12.8. The van der Waals surface area contributed by atoms with E-state index < -0.39 is 0 Å². The SMILES string of the molecule is CC.CC1=CC(F)=CN2C=CNC12. The van der Waals surface area contributed by atoms with Gasteiger partial charge >= 0.3 is 0 Å². The maximum Gasteiger partial charge on any atom is 0.139 e. The van der Waals surface area contributed by atoms with Gasteiger partial charge in [0.05, 0.1) is 0 Å². The molecule has 2 nitrogen and oxygen atoms in total. The third kappa shape index (κ3) is 1.91. The van der Waals surface area contributed by atoms with Crippen molar-refractivity contribution in [1.29, 1.82) is 0 Å². The number of allylic oxidation sites excluding steroid dienone is 2. The first-order valence-electron chi connectivity index (χ1n) is 4.53. The fourth-order valence-electron chi connectivity index (χ4n) is 1.35. The zero-order valence-electron chi connectivity index (χ0n) is 8.21. The van der Waals surface area contributed by atoms with E-state index in [0.717, 1.165) is 5.57 Å². The second-order valence-electron chi connectivity index (χ2n) is 2.73. The summed E-state index contributed by atoms with van der Waals surface area (Å²) in [5.74, 6) is -0.188. The molecule has 0 saturated heterocycles. The van der Waals surface area contributed by atoms with Crippen LogP contribution < -0.4 is 5.32 Å². The normalized spacial score (nSPS) is 23.7. The average molecular weight is 182 g/mol. The van der Waals surface area contributed by atoms with Crippen LogP contribution in [-0.4, -0.2) is 11.1 Å². The minimum Gasteiger partial charge on any atom is -0.366 e. The van der Waals surface area contributed by atoms with Crippen LogP contribution in [0.4, 0.5) is 4.39 Å². The molecule has 0 saturated carbocycles. The molecule has 0 bridgehead atoms. The smallest absolute Gasteiger partial charge is 0.139 e. The quantitative estimate of drug-likeness (QED) is 0.619. The van der Waals surface area contributed by atoms with Crippen molar-refractivity contribution in [3.8, 4) is 0 Å². The molecule has 0 aromatic heterocycles. The number of halogens is 1. The van der Waals surface area contributed by atoms with Crippen molar-refractivity contribution in [2.24, 2.45) is 0 Å². The number of fused-ring (bicyclic) bond motifs is 1. The topological polar surface area (TPSA) is 15.3 Å². The Kier molecular flexibility index (Phi) is 3.12. The van der Waals surface area contributed by atoms with E-state index in [2.05, 4.69) is 5.32 Å². The third-order valence-electron chi connectivity index (χ3n) is 1.87. The molecule has 2 aliphatic rings. The van der Waals surface area contributed by atoms with E-state index in [9.17, 15) is 4.39 Å². The Hall–Kier alpha value is -1.25. The number of hydrogen-bond donors (Lipinski definition) is 1. The second-order valence-corrected chi connectivity index (χ2v) is 2.73. The van der Waals surface area contributed by atoms with Gasteiger partial charge in [-0.3, -0.25) is 0 Å². The standard InChI is InChI=1S/C8H9FN2.C2H6/c1-6-4-7(9)5-11-3-2-10-8(6)11;1-2/h2-5,8,10H,1H3;1-2H3. The van der Waals surface area contributed by atoms with Crippen molar-refractivity contribution in [3.05, 3.63) is 36.1 Å². The van der Waals surface area contributed by atoms with E-state index in [-0.39, 0.29) is 12.0 Å². The van der Waals surface area contributed by atoms with Crippen molar-refractivity contribution in [1.82, 2.24) is 10.2 Å². The highest BCUT2D eigenvalue weighted by Gasteiger charge is 2.22. The minimum absolute atomic E-state index is 0.134. The molecule has 0 aromatic rings. The summed E-state index contributed by atoms with van der Waals surface area (Å²) in [6, 6.07) is 0. The maximum absolute atomic E-state index is 12.8. The molecule has 2 heterocycles. The first-order chi connectivity index (χ1) is 6.27. The molecule has 0 aliphatic carbocycles. The lowest BCUT2D eigenvalue weighted by atomic mass is 10.1. The summed E-state index contributed by atoms with van der Waals surface area (Å²) < 4.78 is 12.8. The molecule has 1 N–H and O–H groups in total. The Morgan fingerprint density at radius 2 is 2.15 bits per heavy atom. The second kappa shape index (κ2) is 4.12. The number of nitrogens with one attached hydrogen (secondary N) is 1. The lowest BCUT2D eigenvalue weighted by Gasteiger charge is -2.25. The van der Waals surface area contributed by atoms with Gasteiger partial charge in [0, 0.05) is 18.6 Å². The summed E-state index contributed by atoms with van der Waals surface area (Å²) in [7, 11) is 0. The van der Waals surface area contributed by atoms with Gasteiger partial charge in [0.15, 0.2) is 0 Å². The average Bonchev–Trinajstić information content (AvgIpc) is 2.55. The van der Waals surface area contributed by atoms with Crippen LogP contribution in [0.15, 0.2) is 36.1 Å². The predicted octanol–water partition coefficient (Wildman–Crippen LogP) is 2.49. The predicted molar refractivity (Wildman–Crippen MR) is 52.2 cm³/mol. The van der Waals surface area contributed by atoms with Crippen molar-refractivity contribution in [2.75, 3.05) is 0 Å². The molecule has 0 fully saturated rings. The van der Waals surface area contributed by atoms with Gasteiger partial charge in [-0.05, 0) is 18.6 Å². The van der Waals surface area contributed by atoms with E-state index in [1.807, 2.05) is 38.1 Å². The molecule has 2 aliphatic heterocycles. The summed E-state index contributed by atoms with van der Waals surface area (Å²) in [6.07, 6.45) is 6.79. The Labute approximate surface area is 78.4 Å². The summed E-state index contributed by atoms with van der Waals surface area (Å²) in [4.78, 5) is 1.81. The van der Waals surface area contributed by atoms with Crippen LogP contribution in [0.2, 0.25) is 0 Å². The largest absolute Gasteiger partial charge is 0.366 e. The molecule has 0 radical (unpaired) electrons. The summed E-state index contributed by atoms with van der Waals surface area (Å²) in [5, 5.41) is 3.09. The van der Waals surface area contributed by atoms with Crippen LogP contribution in [0.25, 0.3) is 0 Å². The first-order valence-corrected chi connectivity index (χ1v) is 4.53. The van der Waals surface area contributed by atoms with Gasteiger partial charge in [0.1, 0.15) is 12.0 Å². The summed E-state index contributed by atoms with van der Waals surface area (Å²) in [5.41, 5.74) is 0.995. The summed E-state index contributed by atoms with van der Waals surface area (Å²) in [6.45, 7) is 5.91. The van der Waals surface area contributed by atoms with Gasteiger partial charge in [-0.2, -0.15) is 0 Å². The molecular formula is C10H15FN2. The van der Waals surface area contributed by atoms with Crippen LogP contribution in [0.1, 0.15) is 20.8 Å². The van der Waals surface area contributed by atoms with Gasteiger partial charge in [0.25, 0.3) is 0 Å². The van der Waals surface area contributed by atoms with E-state index in [4.69, 9.17) is 0 Å². The fourth-order valence-corrected chi connectivity index (χ4v) is 1.35. The van der Waals surface area contributed by atoms with Gasteiger partial charge in [-0.1, -0.05) is 13.8 Å². The lowest BCUT2D eigenvalue weighted by Crippen LogP contribution is -2.34. The highest BCUT2D eigenvalue weighted by molar-refractivity contribution is 5.29. The fraction of sp³-hybridized carbons (Fsp3) is 0.400. The molecule has 1 atom stereocenters.